The minimum atomic E-state index is -0.528. The Morgan fingerprint density at radius 3 is 2.52 bits per heavy atom. The standard InChI is InChI=1S/C24H30N4O3/c1-16-8-5-12-20(25-16)27-21(29)18-10-7-13-28(15-18)22(30)17-9-6-11-19(14-17)26-23(31)24(2,3)4/h5-6,8-9,11-12,14,18H,7,10,13,15H2,1-4H3,(H,26,31)(H,25,27,29). The smallest absolute Gasteiger partial charge is 0.253 e. The second-order valence-electron chi connectivity index (χ2n) is 9.03. The Balaban J connectivity index is 1.66. The Bertz CT molecular complexity index is 981. The van der Waals surface area contributed by atoms with Gasteiger partial charge in [0.2, 0.25) is 11.8 Å². The lowest BCUT2D eigenvalue weighted by atomic mass is 9.95. The molecule has 164 valence electrons. The van der Waals surface area contributed by atoms with Gasteiger partial charge >= 0.3 is 0 Å². The number of carbonyl (C=O) groups excluding carboxylic acids is 3. The Morgan fingerprint density at radius 2 is 1.81 bits per heavy atom. The Labute approximate surface area is 183 Å². The zero-order valence-corrected chi connectivity index (χ0v) is 18.6. The number of likely N-dealkylation sites (tertiary alicyclic amines) is 1. The van der Waals surface area contributed by atoms with E-state index in [1.165, 1.54) is 0 Å². The Kier molecular flexibility index (Phi) is 6.73. The summed E-state index contributed by atoms with van der Waals surface area (Å²) in [6, 6.07) is 12.4. The molecule has 7 nitrogen and oxygen atoms in total. The van der Waals surface area contributed by atoms with E-state index in [2.05, 4.69) is 15.6 Å². The van der Waals surface area contributed by atoms with Crippen molar-refractivity contribution in [1.82, 2.24) is 9.88 Å². The third-order valence-corrected chi connectivity index (χ3v) is 5.27. The van der Waals surface area contributed by atoms with Crippen molar-refractivity contribution < 1.29 is 14.4 Å². The first kappa shape index (κ1) is 22.5. The molecule has 7 heteroatoms. The number of carbonyl (C=O) groups is 3. The molecule has 3 rings (SSSR count). The van der Waals surface area contributed by atoms with E-state index >= 15 is 0 Å². The minimum absolute atomic E-state index is 0.114. The molecule has 1 saturated heterocycles. The molecule has 0 spiro atoms. The maximum Gasteiger partial charge on any atom is 0.253 e. The van der Waals surface area contributed by atoms with Crippen LogP contribution in [-0.4, -0.2) is 40.7 Å². The lowest BCUT2D eigenvalue weighted by Gasteiger charge is -2.32. The lowest BCUT2D eigenvalue weighted by Crippen LogP contribution is -2.43. The molecule has 2 heterocycles. The van der Waals surface area contributed by atoms with Gasteiger partial charge in [0, 0.05) is 35.4 Å². The number of rotatable bonds is 4. The van der Waals surface area contributed by atoms with E-state index in [0.29, 0.717) is 30.2 Å². The number of aromatic nitrogens is 1. The highest BCUT2D eigenvalue weighted by Gasteiger charge is 2.29. The van der Waals surface area contributed by atoms with Crippen LogP contribution in [0.25, 0.3) is 0 Å². The van der Waals surface area contributed by atoms with E-state index in [1.807, 2.05) is 39.8 Å². The molecule has 31 heavy (non-hydrogen) atoms. The van der Waals surface area contributed by atoms with E-state index in [9.17, 15) is 14.4 Å². The summed E-state index contributed by atoms with van der Waals surface area (Å²) in [6.07, 6.45) is 1.48. The van der Waals surface area contributed by atoms with Crippen molar-refractivity contribution >= 4 is 29.2 Å². The number of amides is 3. The van der Waals surface area contributed by atoms with Crippen molar-refractivity contribution in [1.29, 1.82) is 0 Å². The quantitative estimate of drug-likeness (QED) is 0.783. The summed E-state index contributed by atoms with van der Waals surface area (Å²) < 4.78 is 0. The van der Waals surface area contributed by atoms with Crippen LogP contribution >= 0.6 is 0 Å². The molecule has 1 fully saturated rings. The number of nitrogens with zero attached hydrogens (tertiary/aromatic N) is 2. The molecule has 2 N–H and O–H groups in total. The summed E-state index contributed by atoms with van der Waals surface area (Å²) in [5.41, 5.74) is 1.38. The molecule has 3 amide bonds. The summed E-state index contributed by atoms with van der Waals surface area (Å²) in [6.45, 7) is 8.33. The first-order chi connectivity index (χ1) is 14.6. The van der Waals surface area contributed by atoms with Gasteiger partial charge < -0.3 is 15.5 Å². The number of hydrogen-bond donors (Lipinski definition) is 2. The Hall–Kier alpha value is -3.22. The van der Waals surface area contributed by atoms with Crippen molar-refractivity contribution in [2.24, 2.45) is 11.3 Å². The van der Waals surface area contributed by atoms with Crippen molar-refractivity contribution in [3.63, 3.8) is 0 Å². The number of aryl methyl sites for hydroxylation is 1. The zero-order chi connectivity index (χ0) is 22.6. The predicted octanol–water partition coefficient (Wildman–Crippen LogP) is 3.87. The summed E-state index contributed by atoms with van der Waals surface area (Å²) in [5, 5.41) is 5.72. The highest BCUT2D eigenvalue weighted by molar-refractivity contribution is 5.99. The number of piperidine rings is 1. The van der Waals surface area contributed by atoms with Gasteiger partial charge in [-0.05, 0) is 50.1 Å². The topological polar surface area (TPSA) is 91.4 Å². The fraction of sp³-hybridized carbons (Fsp3) is 0.417. The minimum Gasteiger partial charge on any atom is -0.338 e. The SMILES string of the molecule is Cc1cccc(NC(=O)C2CCCN(C(=O)c3cccc(NC(=O)C(C)(C)C)c3)C2)n1. The zero-order valence-electron chi connectivity index (χ0n) is 18.6. The normalized spacial score (nSPS) is 16.5. The summed E-state index contributed by atoms with van der Waals surface area (Å²) in [4.78, 5) is 44.1. The van der Waals surface area contributed by atoms with E-state index in [0.717, 1.165) is 18.5 Å². The lowest BCUT2D eigenvalue weighted by molar-refractivity contribution is -0.123. The van der Waals surface area contributed by atoms with Gasteiger partial charge in [0.05, 0.1) is 5.92 Å². The van der Waals surface area contributed by atoms with Gasteiger partial charge in [-0.15, -0.1) is 0 Å². The van der Waals surface area contributed by atoms with Crippen LogP contribution in [0, 0.1) is 18.3 Å². The maximum absolute atomic E-state index is 13.1. The van der Waals surface area contributed by atoms with Gasteiger partial charge in [0.15, 0.2) is 0 Å². The van der Waals surface area contributed by atoms with E-state index in [1.54, 1.807) is 35.2 Å². The summed E-state index contributed by atoms with van der Waals surface area (Å²) >= 11 is 0. The van der Waals surface area contributed by atoms with Crippen molar-refractivity contribution in [2.75, 3.05) is 23.7 Å². The number of hydrogen-bond acceptors (Lipinski definition) is 4. The van der Waals surface area contributed by atoms with Crippen LogP contribution < -0.4 is 10.6 Å². The first-order valence-corrected chi connectivity index (χ1v) is 10.6. The molecule has 0 radical (unpaired) electrons. The van der Waals surface area contributed by atoms with Gasteiger partial charge in [-0.2, -0.15) is 0 Å². The summed E-state index contributed by atoms with van der Waals surface area (Å²) in [7, 11) is 0. The molecule has 1 aromatic carbocycles. The fourth-order valence-corrected chi connectivity index (χ4v) is 3.45. The van der Waals surface area contributed by atoms with Gasteiger partial charge in [-0.1, -0.05) is 32.9 Å². The van der Waals surface area contributed by atoms with E-state index < -0.39 is 5.41 Å². The number of benzene rings is 1. The van der Waals surface area contributed by atoms with E-state index in [-0.39, 0.29) is 23.6 Å². The molecular weight excluding hydrogens is 392 g/mol. The van der Waals surface area contributed by atoms with E-state index in [4.69, 9.17) is 0 Å². The highest BCUT2D eigenvalue weighted by Crippen LogP contribution is 2.22. The van der Waals surface area contributed by atoms with Crippen molar-refractivity contribution in [3.8, 4) is 0 Å². The fourth-order valence-electron chi connectivity index (χ4n) is 3.45. The maximum atomic E-state index is 13.1. The monoisotopic (exact) mass is 422 g/mol. The average molecular weight is 423 g/mol. The van der Waals surface area contributed by atoms with Crippen molar-refractivity contribution in [2.45, 2.75) is 40.5 Å². The number of nitrogens with one attached hydrogen (secondary N) is 2. The molecule has 2 aromatic rings. The molecule has 0 saturated carbocycles. The Morgan fingerprint density at radius 1 is 1.06 bits per heavy atom. The molecular formula is C24H30N4O3. The van der Waals surface area contributed by atoms with Gasteiger partial charge in [-0.25, -0.2) is 4.98 Å². The third-order valence-electron chi connectivity index (χ3n) is 5.27. The third kappa shape index (κ3) is 5.90. The molecule has 1 unspecified atom stereocenters. The van der Waals surface area contributed by atoms with Gasteiger partial charge in [0.1, 0.15) is 5.82 Å². The average Bonchev–Trinajstić information content (AvgIpc) is 2.73. The second-order valence-corrected chi connectivity index (χ2v) is 9.03. The first-order valence-electron chi connectivity index (χ1n) is 10.6. The van der Waals surface area contributed by atoms with Crippen LogP contribution in [0.1, 0.15) is 49.7 Å². The van der Waals surface area contributed by atoms with Gasteiger partial charge in [0.25, 0.3) is 5.91 Å². The molecule has 1 aromatic heterocycles. The molecule has 1 aliphatic heterocycles. The summed E-state index contributed by atoms with van der Waals surface area (Å²) in [5.74, 6) is -0.143. The van der Waals surface area contributed by atoms with Crippen LogP contribution in [0.3, 0.4) is 0 Å². The highest BCUT2D eigenvalue weighted by atomic mass is 16.2. The predicted molar refractivity (Wildman–Crippen MR) is 121 cm³/mol. The van der Waals surface area contributed by atoms with Gasteiger partial charge in [-0.3, -0.25) is 14.4 Å². The largest absolute Gasteiger partial charge is 0.338 e. The second kappa shape index (κ2) is 9.29. The number of anilines is 2. The van der Waals surface area contributed by atoms with Crippen molar-refractivity contribution in [3.05, 3.63) is 53.7 Å². The molecule has 1 atom stereocenters. The molecule has 0 aliphatic carbocycles. The van der Waals surface area contributed by atoms with Crippen LogP contribution in [-0.2, 0) is 9.59 Å². The van der Waals surface area contributed by atoms with Crippen LogP contribution in [0.5, 0.6) is 0 Å². The van der Waals surface area contributed by atoms with Crippen LogP contribution in [0.2, 0.25) is 0 Å². The molecule has 0 bridgehead atoms. The molecule has 1 aliphatic rings. The van der Waals surface area contributed by atoms with Crippen LogP contribution in [0.15, 0.2) is 42.5 Å². The number of pyridine rings is 1. The van der Waals surface area contributed by atoms with Crippen LogP contribution in [0.4, 0.5) is 11.5 Å².